The molecular weight excluding hydrogens is 264 g/mol. The van der Waals surface area contributed by atoms with Crippen molar-refractivity contribution in [2.24, 2.45) is 0 Å². The molecule has 2 unspecified atom stereocenters. The number of hydrogen-bond acceptors (Lipinski definition) is 2. The van der Waals surface area contributed by atoms with Gasteiger partial charge in [0.05, 0.1) is 12.1 Å². The molecule has 0 bridgehead atoms. The number of carbonyl (C=O) groups is 1. The molecule has 0 aromatic heterocycles. The average molecular weight is 280 g/mol. The molecule has 0 saturated heterocycles. The van der Waals surface area contributed by atoms with Crippen molar-refractivity contribution in [2.75, 3.05) is 5.32 Å². The molecule has 0 radical (unpaired) electrons. The van der Waals surface area contributed by atoms with E-state index in [0.29, 0.717) is 0 Å². The fraction of sp³-hybridized carbons (Fsp3) is 0.235. The number of amides is 1. The number of nitrogens with one attached hydrogen (secondary N) is 2. The number of rotatable bonds is 1. The van der Waals surface area contributed by atoms with Crippen molar-refractivity contribution in [1.82, 2.24) is 5.32 Å². The van der Waals surface area contributed by atoms with Crippen molar-refractivity contribution in [1.29, 1.82) is 0 Å². The van der Waals surface area contributed by atoms with Gasteiger partial charge in [0.25, 0.3) is 0 Å². The van der Waals surface area contributed by atoms with Crippen molar-refractivity contribution in [2.45, 2.75) is 24.9 Å². The first-order valence-corrected chi connectivity index (χ1v) is 7.17. The third-order valence-corrected chi connectivity index (χ3v) is 4.46. The van der Waals surface area contributed by atoms with Crippen LogP contribution in [-0.2, 0) is 12.8 Å². The Balaban J connectivity index is 1.83. The Labute approximate surface area is 122 Å². The Morgan fingerprint density at radius 1 is 1.10 bits per heavy atom. The topological polar surface area (TPSA) is 61.4 Å². The molecule has 2 aromatic carbocycles. The molecule has 1 aliphatic heterocycles. The predicted molar refractivity (Wildman–Crippen MR) is 80.7 cm³/mol. The maximum absolute atomic E-state index is 11.1. The van der Waals surface area contributed by atoms with Crippen LogP contribution in [-0.4, -0.2) is 17.2 Å². The first kappa shape index (κ1) is 12.3. The summed E-state index contributed by atoms with van der Waals surface area (Å²) >= 11 is 0. The zero-order chi connectivity index (χ0) is 14.4. The fourth-order valence-electron chi connectivity index (χ4n) is 3.61. The third-order valence-electron chi connectivity index (χ3n) is 4.46. The molecule has 0 saturated carbocycles. The molecule has 1 heterocycles. The van der Waals surface area contributed by atoms with Crippen LogP contribution in [0.15, 0.2) is 42.5 Å². The highest BCUT2D eigenvalue weighted by atomic mass is 16.4. The molecule has 2 aliphatic rings. The van der Waals surface area contributed by atoms with Gasteiger partial charge in [-0.1, -0.05) is 36.4 Å². The van der Waals surface area contributed by atoms with Gasteiger partial charge in [-0.2, -0.15) is 0 Å². The van der Waals surface area contributed by atoms with Crippen LogP contribution in [0.2, 0.25) is 0 Å². The minimum atomic E-state index is -0.964. The van der Waals surface area contributed by atoms with Crippen molar-refractivity contribution in [3.8, 4) is 0 Å². The molecule has 1 amide bonds. The molecule has 1 aliphatic carbocycles. The van der Waals surface area contributed by atoms with Gasteiger partial charge in [0, 0.05) is 5.69 Å². The average Bonchev–Trinajstić information content (AvgIpc) is 2.69. The molecule has 21 heavy (non-hydrogen) atoms. The van der Waals surface area contributed by atoms with E-state index in [0.717, 1.165) is 18.5 Å². The third kappa shape index (κ3) is 1.95. The van der Waals surface area contributed by atoms with E-state index in [1.54, 1.807) is 0 Å². The number of para-hydroxylation sites is 1. The molecular formula is C17H16N2O2. The lowest BCUT2D eigenvalue weighted by Gasteiger charge is -2.22. The van der Waals surface area contributed by atoms with E-state index in [2.05, 4.69) is 41.0 Å². The van der Waals surface area contributed by atoms with Crippen molar-refractivity contribution in [3.05, 3.63) is 64.7 Å². The number of anilines is 1. The van der Waals surface area contributed by atoms with Crippen LogP contribution in [0.25, 0.3) is 0 Å². The van der Waals surface area contributed by atoms with Gasteiger partial charge in [0.2, 0.25) is 0 Å². The second kappa shape index (κ2) is 4.52. The molecule has 4 rings (SSSR count). The number of hydrogen-bond donors (Lipinski definition) is 3. The molecule has 2 atom stereocenters. The highest BCUT2D eigenvalue weighted by Gasteiger charge is 2.36. The van der Waals surface area contributed by atoms with E-state index in [1.165, 1.54) is 22.3 Å². The second-order valence-corrected chi connectivity index (χ2v) is 5.71. The summed E-state index contributed by atoms with van der Waals surface area (Å²) in [5.41, 5.74) is 6.17. The maximum Gasteiger partial charge on any atom is 0.404 e. The first-order chi connectivity index (χ1) is 10.2. The lowest BCUT2D eigenvalue weighted by Crippen LogP contribution is -2.39. The minimum absolute atomic E-state index is 0.0101. The Bertz CT molecular complexity index is 726. The van der Waals surface area contributed by atoms with Gasteiger partial charge in [-0.25, -0.2) is 4.79 Å². The van der Waals surface area contributed by atoms with Gasteiger partial charge in [-0.15, -0.1) is 0 Å². The molecule has 0 fully saturated rings. The molecule has 106 valence electrons. The lowest BCUT2D eigenvalue weighted by molar-refractivity contribution is 0.189. The normalized spacial score (nSPS) is 21.7. The Kier molecular flexibility index (Phi) is 2.64. The first-order valence-electron chi connectivity index (χ1n) is 7.17. The summed E-state index contributed by atoms with van der Waals surface area (Å²) < 4.78 is 0. The van der Waals surface area contributed by atoms with Crippen LogP contribution in [0, 0.1) is 0 Å². The van der Waals surface area contributed by atoms with Crippen LogP contribution in [0.3, 0.4) is 0 Å². The Morgan fingerprint density at radius 3 is 2.71 bits per heavy atom. The van der Waals surface area contributed by atoms with Gasteiger partial charge in [-0.05, 0) is 41.2 Å². The molecule has 2 aromatic rings. The van der Waals surface area contributed by atoms with Gasteiger partial charge in [0.15, 0.2) is 0 Å². The summed E-state index contributed by atoms with van der Waals surface area (Å²) in [5, 5.41) is 15.3. The lowest BCUT2D eigenvalue weighted by atomic mass is 9.97. The second-order valence-electron chi connectivity index (χ2n) is 5.71. The number of carboxylic acid groups (broad SMARTS) is 1. The van der Waals surface area contributed by atoms with Crippen molar-refractivity contribution < 1.29 is 9.90 Å². The van der Waals surface area contributed by atoms with Crippen molar-refractivity contribution >= 4 is 11.8 Å². The van der Waals surface area contributed by atoms with E-state index in [4.69, 9.17) is 5.11 Å². The van der Waals surface area contributed by atoms with Crippen LogP contribution in [0.4, 0.5) is 10.5 Å². The van der Waals surface area contributed by atoms with E-state index in [-0.39, 0.29) is 12.1 Å². The van der Waals surface area contributed by atoms with E-state index in [1.807, 2.05) is 12.1 Å². The van der Waals surface area contributed by atoms with Gasteiger partial charge in [-0.3, -0.25) is 0 Å². The summed E-state index contributed by atoms with van der Waals surface area (Å²) in [5.74, 6) is 0. The quantitative estimate of drug-likeness (QED) is 0.752. The van der Waals surface area contributed by atoms with E-state index >= 15 is 0 Å². The SMILES string of the molecule is O=C(O)NC1Cc2cccc3c2C1Nc1ccccc1C3. The summed E-state index contributed by atoms with van der Waals surface area (Å²) in [6.45, 7) is 0. The largest absolute Gasteiger partial charge is 0.465 e. The van der Waals surface area contributed by atoms with E-state index in [9.17, 15) is 4.79 Å². The molecule has 4 heteroatoms. The monoisotopic (exact) mass is 280 g/mol. The molecule has 3 N–H and O–H groups in total. The van der Waals surface area contributed by atoms with Gasteiger partial charge < -0.3 is 15.7 Å². The number of fused-ring (bicyclic) bond motifs is 1. The highest BCUT2D eigenvalue weighted by molar-refractivity contribution is 5.67. The van der Waals surface area contributed by atoms with E-state index < -0.39 is 6.09 Å². The summed E-state index contributed by atoms with van der Waals surface area (Å²) in [6, 6.07) is 14.5. The highest BCUT2D eigenvalue weighted by Crippen LogP contribution is 2.41. The smallest absolute Gasteiger partial charge is 0.404 e. The maximum atomic E-state index is 11.1. The minimum Gasteiger partial charge on any atom is -0.465 e. The zero-order valence-corrected chi connectivity index (χ0v) is 11.5. The van der Waals surface area contributed by atoms with Crippen LogP contribution >= 0.6 is 0 Å². The summed E-state index contributed by atoms with van der Waals surface area (Å²) in [4.78, 5) is 11.1. The van der Waals surface area contributed by atoms with Crippen molar-refractivity contribution in [3.63, 3.8) is 0 Å². The zero-order valence-electron chi connectivity index (χ0n) is 11.5. The van der Waals surface area contributed by atoms with Gasteiger partial charge in [0.1, 0.15) is 0 Å². The Hall–Kier alpha value is -2.49. The predicted octanol–water partition coefficient (Wildman–Crippen LogP) is 2.94. The standard InChI is InChI=1S/C17H16N2O2/c20-17(21)19-14-9-12-6-3-5-11-8-10-4-1-2-7-13(10)18-16(14)15(11)12/h1-7,14,16,18-19H,8-9H2,(H,20,21). The number of benzene rings is 2. The summed E-state index contributed by atoms with van der Waals surface area (Å²) in [7, 11) is 0. The van der Waals surface area contributed by atoms with Crippen LogP contribution in [0.5, 0.6) is 0 Å². The molecule has 0 spiro atoms. The Morgan fingerprint density at radius 2 is 1.86 bits per heavy atom. The van der Waals surface area contributed by atoms with Crippen LogP contribution in [0.1, 0.15) is 28.3 Å². The molecule has 4 nitrogen and oxygen atoms in total. The van der Waals surface area contributed by atoms with Crippen LogP contribution < -0.4 is 10.6 Å². The van der Waals surface area contributed by atoms with Gasteiger partial charge >= 0.3 is 6.09 Å². The fourth-order valence-corrected chi connectivity index (χ4v) is 3.61. The summed E-state index contributed by atoms with van der Waals surface area (Å²) in [6.07, 6.45) is 0.673.